The van der Waals surface area contributed by atoms with Gasteiger partial charge in [-0.05, 0) is 18.1 Å². The number of hydrogen-bond acceptors (Lipinski definition) is 3. The molecular weight excluding hydrogens is 246 g/mol. The molecule has 2 N–H and O–H groups in total. The Kier molecular flexibility index (Phi) is 3.85. The van der Waals surface area contributed by atoms with Crippen LogP contribution in [0.3, 0.4) is 0 Å². The van der Waals surface area contributed by atoms with Crippen LogP contribution in [0.1, 0.15) is 33.6 Å². The molecule has 1 aliphatic rings. The van der Waals surface area contributed by atoms with E-state index >= 15 is 0 Å². The number of terminal acetylenes is 1. The van der Waals surface area contributed by atoms with Crippen LogP contribution in [-0.4, -0.2) is 26.1 Å². The second-order valence-electron chi connectivity index (χ2n) is 6.47. The molecule has 1 saturated carbocycles. The van der Waals surface area contributed by atoms with Crippen molar-refractivity contribution in [3.63, 3.8) is 0 Å². The van der Waals surface area contributed by atoms with Gasteiger partial charge in [-0.3, -0.25) is 0 Å². The molecule has 102 valence electrons. The van der Waals surface area contributed by atoms with Crippen molar-refractivity contribution >= 4 is 14.4 Å². The minimum absolute atomic E-state index is 0.0706. The Balaban J connectivity index is 2.58. The molecule has 0 saturated heterocycles. The lowest BCUT2D eigenvalue weighted by atomic mass is 9.78. The molecule has 1 fully saturated rings. The van der Waals surface area contributed by atoms with Crippen molar-refractivity contribution in [1.82, 2.24) is 0 Å². The first-order valence-electron chi connectivity index (χ1n) is 6.15. The fraction of sp³-hybridized carbons (Fsp3) is 0.769. The molecule has 0 heterocycles. The monoisotopic (exact) mass is 269 g/mol. The van der Waals surface area contributed by atoms with Crippen LogP contribution in [0.2, 0.25) is 18.1 Å². The average molecular weight is 269 g/mol. The van der Waals surface area contributed by atoms with Gasteiger partial charge in [0, 0.05) is 12.8 Å². The van der Waals surface area contributed by atoms with E-state index < -0.39 is 20.0 Å². The van der Waals surface area contributed by atoms with Gasteiger partial charge < -0.3 is 14.9 Å². The summed E-state index contributed by atoms with van der Waals surface area (Å²) in [5.74, 6) is 2.51. The normalized spacial score (nSPS) is 28.1. The second-order valence-corrected chi connectivity index (χ2v) is 11.2. The summed E-state index contributed by atoms with van der Waals surface area (Å²) in [5, 5.41) is 0.159. The molecule has 1 rings (SSSR count). The van der Waals surface area contributed by atoms with E-state index in [0.717, 1.165) is 0 Å². The zero-order valence-electron chi connectivity index (χ0n) is 11.9. The molecule has 0 aromatic carbocycles. The summed E-state index contributed by atoms with van der Waals surface area (Å²) in [4.78, 5) is 10.8. The van der Waals surface area contributed by atoms with Gasteiger partial charge in [-0.1, -0.05) is 26.7 Å². The van der Waals surface area contributed by atoms with Crippen molar-refractivity contribution in [3.05, 3.63) is 0 Å². The summed E-state index contributed by atoms with van der Waals surface area (Å²) in [7, 11) is -1.79. The second kappa shape index (κ2) is 4.60. The Morgan fingerprint density at radius 2 is 1.94 bits per heavy atom. The fourth-order valence-electron chi connectivity index (χ4n) is 1.78. The molecule has 0 radical (unpaired) electrons. The molecule has 0 aromatic rings. The van der Waals surface area contributed by atoms with Crippen molar-refractivity contribution in [2.45, 2.75) is 63.5 Å². The third-order valence-electron chi connectivity index (χ3n) is 3.94. The number of rotatable bonds is 3. The zero-order valence-corrected chi connectivity index (χ0v) is 12.9. The van der Waals surface area contributed by atoms with E-state index in [4.69, 9.17) is 21.3 Å². The lowest BCUT2D eigenvalue weighted by Gasteiger charge is -2.48. The van der Waals surface area contributed by atoms with Crippen molar-refractivity contribution in [1.29, 1.82) is 0 Å². The number of carbonyl (C=O) groups is 1. The van der Waals surface area contributed by atoms with Gasteiger partial charge in [-0.25, -0.2) is 4.79 Å². The van der Waals surface area contributed by atoms with Crippen LogP contribution in [0, 0.1) is 12.3 Å². The van der Waals surface area contributed by atoms with E-state index in [-0.39, 0.29) is 11.1 Å². The van der Waals surface area contributed by atoms with Gasteiger partial charge in [0.25, 0.3) is 0 Å². The van der Waals surface area contributed by atoms with Crippen LogP contribution in [-0.2, 0) is 9.16 Å². The molecule has 18 heavy (non-hydrogen) atoms. The third-order valence-corrected chi connectivity index (χ3v) is 8.48. The van der Waals surface area contributed by atoms with Gasteiger partial charge in [0.05, 0.1) is 6.10 Å². The lowest BCUT2D eigenvalue weighted by molar-refractivity contribution is -0.0709. The summed E-state index contributed by atoms with van der Waals surface area (Å²) in [6, 6.07) is 0. The summed E-state index contributed by atoms with van der Waals surface area (Å²) >= 11 is 0. The van der Waals surface area contributed by atoms with E-state index in [1.165, 1.54) is 0 Å². The standard InChI is InChI=1S/C13H23NO3Si/c1-7-13(16-11(14)15)8-10(9-13)17-18(5,6)12(2,3)4/h1,10H,8-9H2,2-6H3,(H2,14,15). The highest BCUT2D eigenvalue weighted by molar-refractivity contribution is 6.74. The third kappa shape index (κ3) is 3.06. The number of nitrogens with two attached hydrogens (primary N) is 1. The van der Waals surface area contributed by atoms with Crippen LogP contribution >= 0.6 is 0 Å². The van der Waals surface area contributed by atoms with E-state index in [2.05, 4.69) is 39.8 Å². The molecule has 1 aliphatic carbocycles. The number of hydrogen-bond donors (Lipinski definition) is 1. The van der Waals surface area contributed by atoms with E-state index in [1.807, 2.05) is 0 Å². The van der Waals surface area contributed by atoms with Crippen LogP contribution in [0.4, 0.5) is 4.79 Å². The zero-order chi connectivity index (χ0) is 14.2. The quantitative estimate of drug-likeness (QED) is 0.633. The maximum atomic E-state index is 10.8. The van der Waals surface area contributed by atoms with Crippen molar-refractivity contribution < 1.29 is 14.0 Å². The Hall–Kier alpha value is -0.993. The molecule has 5 heteroatoms. The highest BCUT2D eigenvalue weighted by atomic mass is 28.4. The van der Waals surface area contributed by atoms with E-state index in [0.29, 0.717) is 12.8 Å². The van der Waals surface area contributed by atoms with Crippen molar-refractivity contribution in [2.75, 3.05) is 0 Å². The van der Waals surface area contributed by atoms with Crippen LogP contribution in [0.25, 0.3) is 0 Å². The summed E-state index contributed by atoms with van der Waals surface area (Å²) in [5.41, 5.74) is 4.17. The maximum Gasteiger partial charge on any atom is 0.406 e. The first-order chi connectivity index (χ1) is 8.01. The fourth-order valence-corrected chi connectivity index (χ4v) is 3.13. The number of primary amides is 1. The van der Waals surface area contributed by atoms with E-state index in [1.54, 1.807) is 0 Å². The van der Waals surface area contributed by atoms with Gasteiger partial charge in [0.2, 0.25) is 0 Å². The van der Waals surface area contributed by atoms with Crippen LogP contribution < -0.4 is 5.73 Å². The van der Waals surface area contributed by atoms with Crippen molar-refractivity contribution in [3.8, 4) is 12.3 Å². The highest BCUT2D eigenvalue weighted by Crippen LogP contribution is 2.44. The van der Waals surface area contributed by atoms with Gasteiger partial charge in [-0.15, -0.1) is 6.42 Å². The minimum atomic E-state index is -1.79. The van der Waals surface area contributed by atoms with Gasteiger partial charge >= 0.3 is 6.09 Å². The maximum absolute atomic E-state index is 10.8. The molecule has 4 nitrogen and oxygen atoms in total. The Labute approximate surface area is 110 Å². The Morgan fingerprint density at radius 1 is 1.44 bits per heavy atom. The lowest BCUT2D eigenvalue weighted by Crippen LogP contribution is -2.56. The average Bonchev–Trinajstić information content (AvgIpc) is 2.10. The summed E-state index contributed by atoms with van der Waals surface area (Å²) < 4.78 is 11.2. The predicted molar refractivity (Wildman–Crippen MR) is 73.5 cm³/mol. The predicted octanol–water partition coefficient (Wildman–Crippen LogP) is 2.64. The SMILES string of the molecule is C#CC1(OC(N)=O)CC(O[Si](C)(C)C(C)(C)C)C1. The number of carbonyl (C=O) groups excluding carboxylic acids is 1. The number of amides is 1. The number of ether oxygens (including phenoxy) is 1. The molecule has 1 amide bonds. The highest BCUT2D eigenvalue weighted by Gasteiger charge is 2.50. The summed E-state index contributed by atoms with van der Waals surface area (Å²) in [6.07, 6.45) is 5.73. The minimum Gasteiger partial charge on any atom is -0.430 e. The van der Waals surface area contributed by atoms with Crippen LogP contribution in [0.5, 0.6) is 0 Å². The molecule has 0 aliphatic heterocycles. The molecule has 0 spiro atoms. The Bertz CT molecular complexity index is 373. The molecule has 0 aromatic heterocycles. The van der Waals surface area contributed by atoms with Crippen molar-refractivity contribution in [2.24, 2.45) is 5.73 Å². The first-order valence-corrected chi connectivity index (χ1v) is 9.06. The molecule has 0 bridgehead atoms. The molecule has 0 atom stereocenters. The van der Waals surface area contributed by atoms with Gasteiger partial charge in [0.15, 0.2) is 13.9 Å². The van der Waals surface area contributed by atoms with Crippen LogP contribution in [0.15, 0.2) is 0 Å². The first kappa shape index (κ1) is 15.1. The smallest absolute Gasteiger partial charge is 0.406 e. The molecular formula is C13H23NO3Si. The Morgan fingerprint density at radius 3 is 2.28 bits per heavy atom. The topological polar surface area (TPSA) is 61.5 Å². The van der Waals surface area contributed by atoms with Gasteiger partial charge in [0.1, 0.15) is 0 Å². The summed E-state index contributed by atoms with van der Waals surface area (Å²) in [6.45, 7) is 10.9. The largest absolute Gasteiger partial charge is 0.430 e. The molecule has 0 unspecified atom stereocenters. The van der Waals surface area contributed by atoms with Gasteiger partial charge in [-0.2, -0.15) is 0 Å². The van der Waals surface area contributed by atoms with E-state index in [9.17, 15) is 4.79 Å².